The molecule has 1 atom stereocenters. The monoisotopic (exact) mass is 395 g/mol. The Morgan fingerprint density at radius 2 is 1.60 bits per heavy atom. The van der Waals surface area contributed by atoms with Crippen LogP contribution in [0.2, 0.25) is 0 Å². The Kier molecular flexibility index (Phi) is 5.80. The Morgan fingerprint density at radius 3 is 2.37 bits per heavy atom. The third kappa shape index (κ3) is 4.52. The number of carbonyl (C=O) groups excluding carboxylic acids is 2. The maximum Gasteiger partial charge on any atom is 0.252 e. The van der Waals surface area contributed by atoms with E-state index in [1.165, 1.54) is 0 Å². The molecule has 0 saturated carbocycles. The highest BCUT2D eigenvalue weighted by Gasteiger charge is 2.23. The Bertz CT molecular complexity index is 1160. The molecule has 0 aliphatic heterocycles. The van der Waals surface area contributed by atoms with E-state index in [1.54, 1.807) is 18.5 Å². The number of nitrogens with zero attached hydrogens (tertiary/aromatic N) is 1. The van der Waals surface area contributed by atoms with E-state index < -0.39 is 6.04 Å². The van der Waals surface area contributed by atoms with Crippen molar-refractivity contribution in [2.24, 2.45) is 0 Å². The van der Waals surface area contributed by atoms with Crippen molar-refractivity contribution < 1.29 is 9.59 Å². The first-order chi connectivity index (χ1) is 14.7. The van der Waals surface area contributed by atoms with E-state index in [4.69, 9.17) is 0 Å². The molecule has 0 aliphatic rings. The Balaban J connectivity index is 1.54. The summed E-state index contributed by atoms with van der Waals surface area (Å²) in [5.74, 6) is -0.578. The zero-order chi connectivity index (χ0) is 20.8. The summed E-state index contributed by atoms with van der Waals surface area (Å²) in [4.78, 5) is 30.0. The molecular weight excluding hydrogens is 374 g/mol. The lowest BCUT2D eigenvalue weighted by molar-refractivity contribution is -0.123. The molecular formula is C25H21N3O2. The number of hydrogen-bond acceptors (Lipinski definition) is 3. The quantitative estimate of drug-likeness (QED) is 0.518. The van der Waals surface area contributed by atoms with Crippen LogP contribution in [-0.4, -0.2) is 16.8 Å². The van der Waals surface area contributed by atoms with Gasteiger partial charge in [0.15, 0.2) is 0 Å². The molecule has 5 nitrogen and oxygen atoms in total. The van der Waals surface area contributed by atoms with Crippen LogP contribution in [0.15, 0.2) is 97.3 Å². The van der Waals surface area contributed by atoms with Gasteiger partial charge in [-0.05, 0) is 40.1 Å². The van der Waals surface area contributed by atoms with E-state index in [-0.39, 0.29) is 11.8 Å². The van der Waals surface area contributed by atoms with Crippen molar-refractivity contribution in [1.82, 2.24) is 15.6 Å². The largest absolute Gasteiger partial charge is 0.350 e. The van der Waals surface area contributed by atoms with E-state index in [1.807, 2.05) is 78.9 Å². The second-order valence-electron chi connectivity index (χ2n) is 6.96. The van der Waals surface area contributed by atoms with Crippen LogP contribution in [0.5, 0.6) is 0 Å². The van der Waals surface area contributed by atoms with Gasteiger partial charge in [0.25, 0.3) is 5.91 Å². The zero-order valence-corrected chi connectivity index (χ0v) is 16.3. The van der Waals surface area contributed by atoms with Gasteiger partial charge < -0.3 is 10.6 Å². The number of benzene rings is 3. The Labute approximate surface area is 174 Å². The van der Waals surface area contributed by atoms with E-state index >= 15 is 0 Å². The normalized spacial score (nSPS) is 11.6. The third-order valence-corrected chi connectivity index (χ3v) is 4.87. The number of rotatable bonds is 6. The summed E-state index contributed by atoms with van der Waals surface area (Å²) < 4.78 is 0. The third-order valence-electron chi connectivity index (χ3n) is 4.87. The predicted octanol–water partition coefficient (Wildman–Crippen LogP) is 4.02. The Morgan fingerprint density at radius 1 is 0.833 bits per heavy atom. The van der Waals surface area contributed by atoms with Gasteiger partial charge >= 0.3 is 0 Å². The fourth-order valence-electron chi connectivity index (χ4n) is 3.28. The second kappa shape index (κ2) is 9.01. The number of nitrogens with one attached hydrogen (secondary N) is 2. The van der Waals surface area contributed by atoms with Crippen LogP contribution in [0.4, 0.5) is 0 Å². The van der Waals surface area contributed by atoms with Crippen molar-refractivity contribution in [1.29, 1.82) is 0 Å². The van der Waals surface area contributed by atoms with Crippen LogP contribution in [0.25, 0.3) is 10.8 Å². The van der Waals surface area contributed by atoms with Gasteiger partial charge in [0.2, 0.25) is 5.91 Å². The van der Waals surface area contributed by atoms with Gasteiger partial charge in [-0.2, -0.15) is 0 Å². The van der Waals surface area contributed by atoms with E-state index in [0.29, 0.717) is 12.1 Å². The number of fused-ring (bicyclic) bond motifs is 1. The minimum Gasteiger partial charge on any atom is -0.350 e. The molecule has 2 amide bonds. The fraction of sp³-hybridized carbons (Fsp3) is 0.0800. The topological polar surface area (TPSA) is 71.1 Å². The average molecular weight is 395 g/mol. The summed E-state index contributed by atoms with van der Waals surface area (Å²) >= 11 is 0. The maximum absolute atomic E-state index is 12.9. The Hall–Kier alpha value is -3.99. The van der Waals surface area contributed by atoms with Gasteiger partial charge in [-0.1, -0.05) is 66.7 Å². The number of aromatic nitrogens is 1. The van der Waals surface area contributed by atoms with Crippen LogP contribution < -0.4 is 10.6 Å². The van der Waals surface area contributed by atoms with Crippen molar-refractivity contribution in [3.63, 3.8) is 0 Å². The molecule has 1 aromatic heterocycles. The minimum absolute atomic E-state index is 0.279. The average Bonchev–Trinajstić information content (AvgIpc) is 2.81. The van der Waals surface area contributed by atoms with Crippen molar-refractivity contribution in [3.05, 3.63) is 114 Å². The molecule has 0 spiro atoms. The molecule has 0 radical (unpaired) electrons. The maximum atomic E-state index is 12.9. The lowest BCUT2D eigenvalue weighted by atomic mass is 10.0. The highest BCUT2D eigenvalue weighted by molar-refractivity contribution is 6.00. The van der Waals surface area contributed by atoms with E-state index in [9.17, 15) is 9.59 Å². The molecule has 0 unspecified atom stereocenters. The van der Waals surface area contributed by atoms with Gasteiger partial charge in [-0.25, -0.2) is 0 Å². The molecule has 0 bridgehead atoms. The van der Waals surface area contributed by atoms with Gasteiger partial charge in [-0.3, -0.25) is 14.6 Å². The standard InChI is InChI=1S/C25H21N3O2/c29-24(22-13-12-19-8-4-5-11-21(19)15-22)28-23(20-9-2-1-3-10-20)25(30)27-17-18-7-6-14-26-16-18/h1-16,23H,17H2,(H,27,30)(H,28,29)/t23-/m0/s1. The molecule has 0 saturated heterocycles. The van der Waals surface area contributed by atoms with Crippen molar-refractivity contribution in [3.8, 4) is 0 Å². The van der Waals surface area contributed by atoms with Crippen LogP contribution in [0.1, 0.15) is 27.5 Å². The van der Waals surface area contributed by atoms with Gasteiger partial charge in [0, 0.05) is 24.5 Å². The van der Waals surface area contributed by atoms with E-state index in [0.717, 1.165) is 21.9 Å². The second-order valence-corrected chi connectivity index (χ2v) is 6.96. The van der Waals surface area contributed by atoms with Gasteiger partial charge in [0.05, 0.1) is 0 Å². The molecule has 4 rings (SSSR count). The number of amides is 2. The summed E-state index contributed by atoms with van der Waals surface area (Å²) in [7, 11) is 0. The summed E-state index contributed by atoms with van der Waals surface area (Å²) in [6, 6.07) is 25.5. The van der Waals surface area contributed by atoms with Crippen molar-refractivity contribution >= 4 is 22.6 Å². The van der Waals surface area contributed by atoms with E-state index in [2.05, 4.69) is 15.6 Å². The molecule has 1 heterocycles. The first-order valence-corrected chi connectivity index (χ1v) is 9.72. The number of carbonyl (C=O) groups is 2. The van der Waals surface area contributed by atoms with Crippen molar-refractivity contribution in [2.45, 2.75) is 12.6 Å². The van der Waals surface area contributed by atoms with Crippen LogP contribution in [0.3, 0.4) is 0 Å². The van der Waals surface area contributed by atoms with Crippen molar-refractivity contribution in [2.75, 3.05) is 0 Å². The van der Waals surface area contributed by atoms with Crippen LogP contribution in [0, 0.1) is 0 Å². The lowest BCUT2D eigenvalue weighted by Gasteiger charge is -2.19. The molecule has 30 heavy (non-hydrogen) atoms. The molecule has 0 aliphatic carbocycles. The zero-order valence-electron chi connectivity index (χ0n) is 16.3. The smallest absolute Gasteiger partial charge is 0.252 e. The summed E-state index contributed by atoms with van der Waals surface area (Å²) in [6.07, 6.45) is 3.38. The summed E-state index contributed by atoms with van der Waals surface area (Å²) in [6.45, 7) is 0.335. The fourth-order valence-corrected chi connectivity index (χ4v) is 3.28. The number of hydrogen-bond donors (Lipinski definition) is 2. The first-order valence-electron chi connectivity index (χ1n) is 9.72. The molecule has 148 valence electrons. The lowest BCUT2D eigenvalue weighted by Crippen LogP contribution is -2.40. The highest BCUT2D eigenvalue weighted by Crippen LogP contribution is 2.18. The minimum atomic E-state index is -0.804. The predicted molar refractivity (Wildman–Crippen MR) is 117 cm³/mol. The molecule has 2 N–H and O–H groups in total. The first kappa shape index (κ1) is 19.3. The molecule has 5 heteroatoms. The summed E-state index contributed by atoms with van der Waals surface area (Å²) in [5.41, 5.74) is 2.11. The SMILES string of the molecule is O=C(N[C@H](C(=O)NCc1cccnc1)c1ccccc1)c1ccc2ccccc2c1. The van der Waals surface area contributed by atoms with Gasteiger partial charge in [-0.15, -0.1) is 0 Å². The van der Waals surface area contributed by atoms with Crippen LogP contribution >= 0.6 is 0 Å². The highest BCUT2D eigenvalue weighted by atomic mass is 16.2. The molecule has 3 aromatic carbocycles. The summed E-state index contributed by atoms with van der Waals surface area (Å²) in [5, 5.41) is 7.81. The van der Waals surface area contributed by atoms with Gasteiger partial charge in [0.1, 0.15) is 6.04 Å². The van der Waals surface area contributed by atoms with Crippen LogP contribution in [-0.2, 0) is 11.3 Å². The molecule has 4 aromatic rings. The molecule has 0 fully saturated rings. The number of pyridine rings is 1.